The molecule has 1 fully saturated rings. The Bertz CT molecular complexity index is 1100. The summed E-state index contributed by atoms with van der Waals surface area (Å²) in [5.41, 5.74) is 0.324. The molecule has 1 saturated heterocycles. The van der Waals surface area contributed by atoms with Crippen molar-refractivity contribution in [2.75, 3.05) is 0 Å². The number of carboxylic acids is 1. The number of benzene rings is 1. The molecule has 1 aliphatic heterocycles. The van der Waals surface area contributed by atoms with Gasteiger partial charge in [0.2, 0.25) is 0 Å². The fraction of sp³-hybridized carbons (Fsp3) is 0.250. The van der Waals surface area contributed by atoms with E-state index < -0.39 is 22.8 Å². The average molecular weight is 481 g/mol. The minimum absolute atomic E-state index is 0.139. The molecule has 0 radical (unpaired) electrons. The molecule has 2 aromatic rings. The van der Waals surface area contributed by atoms with Crippen molar-refractivity contribution in [2.45, 2.75) is 32.2 Å². The molecule has 11 heteroatoms. The zero-order valence-electron chi connectivity index (χ0n) is 16.2. The van der Waals surface area contributed by atoms with Crippen LogP contribution in [-0.2, 0) is 9.59 Å². The highest BCUT2D eigenvalue weighted by molar-refractivity contribution is 8.26. The van der Waals surface area contributed by atoms with Crippen molar-refractivity contribution in [3.8, 4) is 11.3 Å². The van der Waals surface area contributed by atoms with E-state index in [0.717, 1.165) is 23.1 Å². The molecule has 0 aliphatic carbocycles. The number of amides is 1. The molecular weight excluding hydrogens is 464 g/mol. The predicted molar refractivity (Wildman–Crippen MR) is 122 cm³/mol. The van der Waals surface area contributed by atoms with E-state index in [2.05, 4.69) is 0 Å². The number of furan rings is 1. The first-order valence-electron chi connectivity index (χ1n) is 9.27. The number of rotatable bonds is 8. The van der Waals surface area contributed by atoms with E-state index in [9.17, 15) is 24.8 Å². The summed E-state index contributed by atoms with van der Waals surface area (Å²) >= 11 is 12.4. The molecule has 1 atom stereocenters. The maximum Gasteiger partial charge on any atom is 0.326 e. The van der Waals surface area contributed by atoms with Crippen LogP contribution in [0.15, 0.2) is 39.7 Å². The standard InChI is InChI=1S/C20H17ClN2O6S2/c1-2-3-4-15(19(25)26)22-18(24)17(31-20(22)30)10-12-6-8-16(29-12)13-7-5-11(23(27)28)9-14(13)21/h5-10,15H,2-4H2,1H3,(H,25,26). The summed E-state index contributed by atoms with van der Waals surface area (Å²) < 4.78 is 5.92. The van der Waals surface area contributed by atoms with Gasteiger partial charge in [-0.1, -0.05) is 55.3 Å². The number of carboxylic acid groups (broad SMARTS) is 1. The SMILES string of the molecule is CCCCC(C(=O)O)N1C(=O)C(=Cc2ccc(-c3ccc([N+](=O)[O-])cc3Cl)o2)SC1=S. The largest absolute Gasteiger partial charge is 0.480 e. The highest BCUT2D eigenvalue weighted by atomic mass is 35.5. The van der Waals surface area contributed by atoms with Crippen molar-refractivity contribution in [1.82, 2.24) is 4.90 Å². The first kappa shape index (κ1) is 23.0. The Labute approximate surface area is 192 Å². The Balaban J connectivity index is 1.84. The number of hydrogen-bond donors (Lipinski definition) is 1. The van der Waals surface area contributed by atoms with Crippen molar-refractivity contribution in [2.24, 2.45) is 0 Å². The third-order valence-electron chi connectivity index (χ3n) is 4.58. The summed E-state index contributed by atoms with van der Waals surface area (Å²) in [5.74, 6) is -0.873. The van der Waals surface area contributed by atoms with Crippen LogP contribution in [0.1, 0.15) is 31.9 Å². The van der Waals surface area contributed by atoms with Gasteiger partial charge in [0.25, 0.3) is 11.6 Å². The Kier molecular flexibility index (Phi) is 7.14. The topological polar surface area (TPSA) is 114 Å². The lowest BCUT2D eigenvalue weighted by Crippen LogP contribution is -2.43. The second-order valence-electron chi connectivity index (χ2n) is 6.67. The average Bonchev–Trinajstić information content (AvgIpc) is 3.27. The van der Waals surface area contributed by atoms with Crippen LogP contribution in [0.25, 0.3) is 17.4 Å². The van der Waals surface area contributed by atoms with E-state index in [0.29, 0.717) is 29.9 Å². The van der Waals surface area contributed by atoms with Gasteiger partial charge in [0.1, 0.15) is 21.9 Å². The number of hydrogen-bond acceptors (Lipinski definition) is 7. The second kappa shape index (κ2) is 9.63. The number of halogens is 1. The first-order chi connectivity index (χ1) is 14.7. The smallest absolute Gasteiger partial charge is 0.326 e. The molecule has 0 saturated carbocycles. The van der Waals surface area contributed by atoms with Crippen LogP contribution < -0.4 is 0 Å². The molecule has 1 aliphatic rings. The number of thioether (sulfide) groups is 1. The lowest BCUT2D eigenvalue weighted by Gasteiger charge is -2.22. The van der Waals surface area contributed by atoms with Gasteiger partial charge in [-0.15, -0.1) is 0 Å². The third kappa shape index (κ3) is 4.97. The van der Waals surface area contributed by atoms with Crippen LogP contribution in [0.4, 0.5) is 5.69 Å². The fourth-order valence-electron chi connectivity index (χ4n) is 3.03. The highest BCUT2D eigenvalue weighted by Gasteiger charge is 2.40. The van der Waals surface area contributed by atoms with E-state index >= 15 is 0 Å². The van der Waals surface area contributed by atoms with E-state index in [1.165, 1.54) is 24.3 Å². The second-order valence-corrected chi connectivity index (χ2v) is 8.75. The summed E-state index contributed by atoms with van der Waals surface area (Å²) in [5, 5.41) is 20.5. The fourth-order valence-corrected chi connectivity index (χ4v) is 4.64. The molecule has 0 spiro atoms. The molecule has 3 rings (SSSR count). The zero-order chi connectivity index (χ0) is 22.7. The number of carbonyl (C=O) groups is 2. The molecule has 8 nitrogen and oxygen atoms in total. The lowest BCUT2D eigenvalue weighted by molar-refractivity contribution is -0.384. The molecular formula is C20H17ClN2O6S2. The molecule has 2 heterocycles. The minimum atomic E-state index is -1.10. The van der Waals surface area contributed by atoms with E-state index in [1.54, 1.807) is 12.1 Å². The van der Waals surface area contributed by atoms with Crippen molar-refractivity contribution in [3.63, 3.8) is 0 Å². The quantitative estimate of drug-likeness (QED) is 0.232. The van der Waals surface area contributed by atoms with Crippen LogP contribution in [0, 0.1) is 10.1 Å². The first-order valence-corrected chi connectivity index (χ1v) is 10.9. The summed E-state index contributed by atoms with van der Waals surface area (Å²) in [6.45, 7) is 1.94. The lowest BCUT2D eigenvalue weighted by atomic mass is 10.1. The number of unbranched alkanes of at least 4 members (excludes halogenated alkanes) is 1. The van der Waals surface area contributed by atoms with Gasteiger partial charge in [-0.25, -0.2) is 4.79 Å². The van der Waals surface area contributed by atoms with E-state index in [1.807, 2.05) is 6.92 Å². The molecule has 31 heavy (non-hydrogen) atoms. The molecule has 0 bridgehead atoms. The number of nitrogens with zero attached hydrogens (tertiary/aromatic N) is 2. The maximum atomic E-state index is 12.8. The molecule has 1 N–H and O–H groups in total. The van der Waals surface area contributed by atoms with Gasteiger partial charge in [-0.2, -0.15) is 0 Å². The number of thiocarbonyl (C=S) groups is 1. The number of carbonyl (C=O) groups excluding carboxylic acids is 1. The summed E-state index contributed by atoms with van der Waals surface area (Å²) in [6.07, 6.45) is 3.26. The minimum Gasteiger partial charge on any atom is -0.480 e. The number of nitro groups is 1. The van der Waals surface area contributed by atoms with Gasteiger partial charge in [-0.05, 0) is 24.6 Å². The molecule has 1 unspecified atom stereocenters. The summed E-state index contributed by atoms with van der Waals surface area (Å²) in [7, 11) is 0. The molecule has 1 aromatic heterocycles. The van der Waals surface area contributed by atoms with Crippen molar-refractivity contribution in [1.29, 1.82) is 0 Å². The van der Waals surface area contributed by atoms with Crippen molar-refractivity contribution >= 4 is 63.5 Å². The van der Waals surface area contributed by atoms with Gasteiger partial charge in [0, 0.05) is 23.8 Å². The number of non-ortho nitro benzene ring substituents is 1. The molecule has 1 amide bonds. The zero-order valence-corrected chi connectivity index (χ0v) is 18.6. The van der Waals surface area contributed by atoms with Crippen LogP contribution in [-0.4, -0.2) is 37.2 Å². The Morgan fingerprint density at radius 3 is 2.77 bits per heavy atom. The molecule has 162 valence electrons. The summed E-state index contributed by atoms with van der Waals surface area (Å²) in [4.78, 5) is 36.2. The van der Waals surface area contributed by atoms with Crippen LogP contribution >= 0.6 is 35.6 Å². The Morgan fingerprint density at radius 2 is 2.16 bits per heavy atom. The van der Waals surface area contributed by atoms with Gasteiger partial charge in [-0.3, -0.25) is 19.8 Å². The van der Waals surface area contributed by atoms with Gasteiger partial charge in [0.05, 0.1) is 14.9 Å². The normalized spacial score (nSPS) is 16.2. The number of aliphatic carboxylic acids is 1. The summed E-state index contributed by atoms with van der Waals surface area (Å²) in [6, 6.07) is 6.26. The monoisotopic (exact) mass is 480 g/mol. The Hall–Kier alpha value is -2.69. The van der Waals surface area contributed by atoms with Crippen LogP contribution in [0.5, 0.6) is 0 Å². The third-order valence-corrected chi connectivity index (χ3v) is 6.22. The van der Waals surface area contributed by atoms with Crippen LogP contribution in [0.3, 0.4) is 0 Å². The Morgan fingerprint density at radius 1 is 1.42 bits per heavy atom. The predicted octanol–water partition coefficient (Wildman–Crippen LogP) is 5.35. The highest BCUT2D eigenvalue weighted by Crippen LogP contribution is 2.37. The maximum absolute atomic E-state index is 12.8. The van der Waals surface area contributed by atoms with E-state index in [-0.39, 0.29) is 19.9 Å². The van der Waals surface area contributed by atoms with E-state index in [4.69, 9.17) is 28.2 Å². The van der Waals surface area contributed by atoms with Gasteiger partial charge < -0.3 is 9.52 Å². The van der Waals surface area contributed by atoms with Gasteiger partial charge in [0.15, 0.2) is 0 Å². The molecule has 1 aromatic carbocycles. The van der Waals surface area contributed by atoms with Crippen molar-refractivity contribution in [3.05, 3.63) is 56.1 Å². The number of nitro benzene ring substituents is 1. The van der Waals surface area contributed by atoms with Crippen molar-refractivity contribution < 1.29 is 24.0 Å². The van der Waals surface area contributed by atoms with Gasteiger partial charge >= 0.3 is 5.97 Å². The van der Waals surface area contributed by atoms with Crippen LogP contribution in [0.2, 0.25) is 5.02 Å².